The maximum atomic E-state index is 12.8. The summed E-state index contributed by atoms with van der Waals surface area (Å²) in [5.41, 5.74) is 2.32. The van der Waals surface area contributed by atoms with E-state index in [-0.39, 0.29) is 11.9 Å². The molecule has 0 spiro atoms. The highest BCUT2D eigenvalue weighted by Crippen LogP contribution is 2.28. The third kappa shape index (κ3) is 2.57. The summed E-state index contributed by atoms with van der Waals surface area (Å²) in [4.78, 5) is 19.3. The number of nitriles is 1. The number of aryl methyl sites for hydroxylation is 1. The maximum absolute atomic E-state index is 12.8. The van der Waals surface area contributed by atoms with Gasteiger partial charge in [-0.15, -0.1) is 0 Å². The minimum Gasteiger partial charge on any atom is -0.316 e. The Bertz CT molecular complexity index is 813. The summed E-state index contributed by atoms with van der Waals surface area (Å²) >= 11 is 0. The molecule has 1 atom stereocenters. The molecule has 2 aliphatic heterocycles. The number of nitrogens with one attached hydrogen (secondary N) is 1. The number of hydrogen-bond donors (Lipinski definition) is 1. The molecule has 6 nitrogen and oxygen atoms in total. The molecule has 0 aliphatic carbocycles. The minimum absolute atomic E-state index is 0.0846. The molecular weight excluding hydrogens is 302 g/mol. The van der Waals surface area contributed by atoms with E-state index in [9.17, 15) is 4.79 Å². The summed E-state index contributed by atoms with van der Waals surface area (Å²) in [5.74, 6) is 0.841. The summed E-state index contributed by atoms with van der Waals surface area (Å²) in [7, 11) is 0. The van der Waals surface area contributed by atoms with E-state index in [0.29, 0.717) is 12.1 Å². The number of amides is 1. The first-order valence-corrected chi connectivity index (χ1v) is 8.39. The summed E-state index contributed by atoms with van der Waals surface area (Å²) in [6.45, 7) is 2.48. The average Bonchev–Trinajstić information content (AvgIpc) is 3.30. The van der Waals surface area contributed by atoms with Crippen LogP contribution in [0.4, 0.5) is 5.95 Å². The highest BCUT2D eigenvalue weighted by molar-refractivity contribution is 5.96. The second kappa shape index (κ2) is 6.10. The first kappa shape index (κ1) is 14.9. The Morgan fingerprint density at radius 2 is 2.25 bits per heavy atom. The molecule has 0 bridgehead atoms. The zero-order chi connectivity index (χ0) is 16.5. The van der Waals surface area contributed by atoms with E-state index < -0.39 is 0 Å². The van der Waals surface area contributed by atoms with Crippen molar-refractivity contribution in [3.8, 4) is 17.3 Å². The van der Waals surface area contributed by atoms with Gasteiger partial charge < -0.3 is 9.88 Å². The molecule has 0 radical (unpaired) electrons. The number of aromatic nitrogens is 2. The number of hydrogen-bond acceptors (Lipinski definition) is 4. The summed E-state index contributed by atoms with van der Waals surface area (Å²) < 4.78 is 2.05. The van der Waals surface area contributed by atoms with Gasteiger partial charge in [0.1, 0.15) is 0 Å². The van der Waals surface area contributed by atoms with Gasteiger partial charge in [0.05, 0.1) is 23.4 Å². The van der Waals surface area contributed by atoms with Gasteiger partial charge in [-0.3, -0.25) is 9.69 Å². The molecular formula is C18H19N5O. The van der Waals surface area contributed by atoms with Gasteiger partial charge in [-0.05, 0) is 37.9 Å². The Hall–Kier alpha value is -2.65. The number of carbonyl (C=O) groups is 1. The quantitative estimate of drug-likeness (QED) is 0.917. The molecule has 122 valence electrons. The summed E-state index contributed by atoms with van der Waals surface area (Å²) in [6, 6.07) is 9.49. The van der Waals surface area contributed by atoms with Gasteiger partial charge in [0.2, 0.25) is 11.9 Å². The Labute approximate surface area is 140 Å². The van der Waals surface area contributed by atoms with Gasteiger partial charge in [-0.1, -0.05) is 12.1 Å². The molecule has 1 amide bonds. The zero-order valence-corrected chi connectivity index (χ0v) is 13.4. The van der Waals surface area contributed by atoms with Crippen molar-refractivity contribution < 1.29 is 4.79 Å². The van der Waals surface area contributed by atoms with Crippen molar-refractivity contribution in [2.24, 2.45) is 0 Å². The fraction of sp³-hybridized carbons (Fsp3) is 0.389. The van der Waals surface area contributed by atoms with Crippen LogP contribution < -0.4 is 10.2 Å². The van der Waals surface area contributed by atoms with Crippen LogP contribution in [0.5, 0.6) is 0 Å². The number of nitrogens with zero attached hydrogens (tertiary/aromatic N) is 4. The van der Waals surface area contributed by atoms with Gasteiger partial charge in [0, 0.05) is 24.8 Å². The highest BCUT2D eigenvalue weighted by Gasteiger charge is 2.32. The van der Waals surface area contributed by atoms with E-state index in [1.54, 1.807) is 6.07 Å². The second-order valence-corrected chi connectivity index (χ2v) is 6.30. The van der Waals surface area contributed by atoms with E-state index in [0.717, 1.165) is 49.6 Å². The lowest BCUT2D eigenvalue weighted by Gasteiger charge is -2.29. The molecule has 0 saturated carbocycles. The van der Waals surface area contributed by atoms with Crippen LogP contribution in [0.15, 0.2) is 30.5 Å². The smallest absolute Gasteiger partial charge is 0.246 e. The highest BCUT2D eigenvalue weighted by atomic mass is 16.2. The molecule has 1 aromatic heterocycles. The lowest BCUT2D eigenvalue weighted by atomic mass is 10.1. The van der Waals surface area contributed by atoms with Crippen LogP contribution in [0.1, 0.15) is 24.8 Å². The first-order chi connectivity index (χ1) is 11.8. The molecule has 24 heavy (non-hydrogen) atoms. The molecule has 6 heteroatoms. The Morgan fingerprint density at radius 1 is 1.33 bits per heavy atom. The standard InChI is InChI=1S/C18H19N5O/c19-11-13-4-1-5-14(10-13)16-12-22-8-3-9-23(18(22)21-16)17(24)15-6-2-7-20-15/h1,4-5,10,12,15,20H,2-3,6-9H2. The van der Waals surface area contributed by atoms with Gasteiger partial charge in [0.25, 0.3) is 0 Å². The van der Waals surface area contributed by atoms with Crippen molar-refractivity contribution in [1.82, 2.24) is 14.9 Å². The first-order valence-electron chi connectivity index (χ1n) is 8.39. The predicted molar refractivity (Wildman–Crippen MR) is 90.4 cm³/mol. The van der Waals surface area contributed by atoms with Crippen LogP contribution in [-0.2, 0) is 11.3 Å². The number of fused-ring (bicyclic) bond motifs is 1. The number of benzene rings is 1. The fourth-order valence-corrected chi connectivity index (χ4v) is 3.46. The van der Waals surface area contributed by atoms with Crippen molar-refractivity contribution in [3.05, 3.63) is 36.0 Å². The predicted octanol–water partition coefficient (Wildman–Crippen LogP) is 1.91. The van der Waals surface area contributed by atoms with E-state index in [2.05, 4.69) is 11.4 Å². The van der Waals surface area contributed by atoms with Gasteiger partial charge in [-0.25, -0.2) is 4.98 Å². The van der Waals surface area contributed by atoms with Crippen molar-refractivity contribution >= 4 is 11.9 Å². The minimum atomic E-state index is -0.0846. The lowest BCUT2D eigenvalue weighted by molar-refractivity contribution is -0.120. The molecule has 1 aromatic carbocycles. The maximum Gasteiger partial charge on any atom is 0.246 e. The van der Waals surface area contributed by atoms with Crippen molar-refractivity contribution in [2.45, 2.75) is 31.8 Å². The molecule has 2 aromatic rings. The second-order valence-electron chi connectivity index (χ2n) is 6.30. The third-order valence-electron chi connectivity index (χ3n) is 4.69. The number of imidazole rings is 1. The Morgan fingerprint density at radius 3 is 3.04 bits per heavy atom. The number of anilines is 1. The monoisotopic (exact) mass is 321 g/mol. The topological polar surface area (TPSA) is 74.0 Å². The number of rotatable bonds is 2. The van der Waals surface area contributed by atoms with Gasteiger partial charge in [0.15, 0.2) is 0 Å². The number of carbonyl (C=O) groups excluding carboxylic acids is 1. The van der Waals surface area contributed by atoms with E-state index >= 15 is 0 Å². The van der Waals surface area contributed by atoms with Gasteiger partial charge >= 0.3 is 0 Å². The Balaban J connectivity index is 1.67. The molecule has 1 saturated heterocycles. The van der Waals surface area contributed by atoms with E-state index in [1.807, 2.05) is 33.9 Å². The van der Waals surface area contributed by atoms with Gasteiger partial charge in [-0.2, -0.15) is 5.26 Å². The van der Waals surface area contributed by atoms with E-state index in [4.69, 9.17) is 10.2 Å². The lowest BCUT2D eigenvalue weighted by Crippen LogP contribution is -2.47. The fourth-order valence-electron chi connectivity index (χ4n) is 3.46. The average molecular weight is 321 g/mol. The van der Waals surface area contributed by atoms with Crippen LogP contribution in [0.25, 0.3) is 11.3 Å². The van der Waals surface area contributed by atoms with Crippen molar-refractivity contribution in [3.63, 3.8) is 0 Å². The zero-order valence-electron chi connectivity index (χ0n) is 13.4. The van der Waals surface area contributed by atoms with Crippen LogP contribution in [-0.4, -0.2) is 34.6 Å². The van der Waals surface area contributed by atoms with Crippen molar-refractivity contribution in [2.75, 3.05) is 18.0 Å². The molecule has 1 N–H and O–H groups in total. The van der Waals surface area contributed by atoms with Crippen molar-refractivity contribution in [1.29, 1.82) is 5.26 Å². The summed E-state index contributed by atoms with van der Waals surface area (Å²) in [6.07, 6.45) is 4.85. The Kier molecular flexibility index (Phi) is 3.79. The molecule has 1 unspecified atom stereocenters. The molecule has 1 fully saturated rings. The SMILES string of the molecule is N#Cc1cccc(-c2cn3c(n2)N(C(=O)C2CCCN2)CCC3)c1. The molecule has 4 rings (SSSR count). The third-order valence-corrected chi connectivity index (χ3v) is 4.69. The normalized spacial score (nSPS) is 19.8. The van der Waals surface area contributed by atoms with Crippen LogP contribution in [0, 0.1) is 11.3 Å². The van der Waals surface area contributed by atoms with E-state index in [1.165, 1.54) is 0 Å². The van der Waals surface area contributed by atoms with Crippen LogP contribution >= 0.6 is 0 Å². The van der Waals surface area contributed by atoms with Crippen LogP contribution in [0.3, 0.4) is 0 Å². The summed E-state index contributed by atoms with van der Waals surface area (Å²) in [5, 5.41) is 12.3. The van der Waals surface area contributed by atoms with Crippen LogP contribution in [0.2, 0.25) is 0 Å². The molecule has 2 aliphatic rings. The molecule has 3 heterocycles. The largest absolute Gasteiger partial charge is 0.316 e.